The smallest absolute Gasteiger partial charge is 0.229 e. The van der Waals surface area contributed by atoms with Crippen LogP contribution >= 0.6 is 0 Å². The maximum Gasteiger partial charge on any atom is 0.229 e. The van der Waals surface area contributed by atoms with Crippen LogP contribution < -0.4 is 5.73 Å². The molecule has 1 aromatic heterocycles. The van der Waals surface area contributed by atoms with E-state index in [2.05, 4.69) is 10.1 Å². The first kappa shape index (κ1) is 11.1. The minimum absolute atomic E-state index is 0.179. The summed E-state index contributed by atoms with van der Waals surface area (Å²) in [5, 5.41) is 3.85. The van der Waals surface area contributed by atoms with Gasteiger partial charge in [0.2, 0.25) is 5.89 Å². The van der Waals surface area contributed by atoms with E-state index >= 15 is 0 Å². The minimum atomic E-state index is -0.179. The second-order valence-electron chi connectivity index (χ2n) is 4.01. The van der Waals surface area contributed by atoms with Gasteiger partial charge >= 0.3 is 0 Å². The minimum Gasteiger partial charge on any atom is -0.339 e. The molecule has 1 unspecified atom stereocenters. The third-order valence-electron chi connectivity index (χ3n) is 1.84. The predicted octanol–water partition coefficient (Wildman–Crippen LogP) is 0.754. The Morgan fingerprint density at radius 1 is 1.43 bits per heavy atom. The maximum atomic E-state index is 5.88. The molecule has 0 radical (unpaired) electrons. The van der Waals surface area contributed by atoms with Gasteiger partial charge < -0.3 is 15.2 Å². The summed E-state index contributed by atoms with van der Waals surface area (Å²) in [6.45, 7) is 4.74. The first-order valence-electron chi connectivity index (χ1n) is 4.74. The van der Waals surface area contributed by atoms with Crippen LogP contribution in [0.1, 0.15) is 37.5 Å². The molecule has 80 valence electrons. The molecule has 0 spiro atoms. The van der Waals surface area contributed by atoms with Crippen molar-refractivity contribution in [3.8, 4) is 0 Å². The summed E-state index contributed by atoms with van der Waals surface area (Å²) in [6.07, 6.45) is 0. The number of aromatic nitrogens is 2. The van der Waals surface area contributed by atoms with Crippen molar-refractivity contribution >= 4 is 0 Å². The van der Waals surface area contributed by atoms with Crippen LogP contribution in [0.5, 0.6) is 0 Å². The summed E-state index contributed by atoms with van der Waals surface area (Å²) < 4.78 is 5.07. The molecule has 0 aliphatic rings. The van der Waals surface area contributed by atoms with Crippen molar-refractivity contribution in [1.82, 2.24) is 15.0 Å². The van der Waals surface area contributed by atoms with Gasteiger partial charge in [0.05, 0.1) is 6.04 Å². The Bertz CT molecular complexity index is 282. The molecule has 14 heavy (non-hydrogen) atoms. The lowest BCUT2D eigenvalue weighted by Crippen LogP contribution is -2.26. The Hall–Kier alpha value is -0.940. The molecule has 1 rings (SSSR count). The van der Waals surface area contributed by atoms with E-state index in [1.807, 2.05) is 32.8 Å². The molecule has 0 aliphatic heterocycles. The number of rotatable bonds is 4. The Labute approximate surface area is 84.3 Å². The van der Waals surface area contributed by atoms with Gasteiger partial charge in [-0.15, -0.1) is 0 Å². The zero-order valence-corrected chi connectivity index (χ0v) is 9.19. The third kappa shape index (κ3) is 2.78. The lowest BCUT2D eigenvalue weighted by Gasteiger charge is -2.12. The van der Waals surface area contributed by atoms with Crippen LogP contribution in [0.25, 0.3) is 0 Å². The van der Waals surface area contributed by atoms with E-state index in [-0.39, 0.29) is 12.0 Å². The average molecular weight is 198 g/mol. The van der Waals surface area contributed by atoms with Crippen molar-refractivity contribution in [3.05, 3.63) is 11.7 Å². The number of nitrogens with two attached hydrogens (primary N) is 1. The van der Waals surface area contributed by atoms with Crippen LogP contribution in [-0.4, -0.2) is 35.7 Å². The summed E-state index contributed by atoms with van der Waals surface area (Å²) in [7, 11) is 3.92. The van der Waals surface area contributed by atoms with Crippen LogP contribution in [0.3, 0.4) is 0 Å². The molecule has 0 fully saturated rings. The Kier molecular flexibility index (Phi) is 3.60. The van der Waals surface area contributed by atoms with E-state index < -0.39 is 0 Å². The Morgan fingerprint density at radius 2 is 2.07 bits per heavy atom. The predicted molar refractivity (Wildman–Crippen MR) is 53.9 cm³/mol. The number of likely N-dealkylation sites (N-methyl/N-ethyl adjacent to an activating group) is 1. The average Bonchev–Trinajstić information content (AvgIpc) is 2.50. The van der Waals surface area contributed by atoms with Crippen molar-refractivity contribution in [1.29, 1.82) is 0 Å². The van der Waals surface area contributed by atoms with Crippen molar-refractivity contribution in [2.24, 2.45) is 5.73 Å². The first-order chi connectivity index (χ1) is 6.50. The van der Waals surface area contributed by atoms with Crippen molar-refractivity contribution in [2.45, 2.75) is 25.8 Å². The molecule has 0 saturated carbocycles. The van der Waals surface area contributed by atoms with Crippen LogP contribution in [0.4, 0.5) is 0 Å². The highest BCUT2D eigenvalue weighted by atomic mass is 16.5. The van der Waals surface area contributed by atoms with Crippen LogP contribution in [0.15, 0.2) is 4.52 Å². The summed E-state index contributed by atoms with van der Waals surface area (Å²) in [5.74, 6) is 1.49. The SMILES string of the molecule is CC(C)c1nc(C(N)CN(C)C)no1. The highest BCUT2D eigenvalue weighted by Crippen LogP contribution is 2.13. The highest BCUT2D eigenvalue weighted by molar-refractivity contribution is 4.96. The number of nitrogens with zero attached hydrogens (tertiary/aromatic N) is 3. The van der Waals surface area contributed by atoms with Gasteiger partial charge in [-0.1, -0.05) is 19.0 Å². The fourth-order valence-electron chi connectivity index (χ4n) is 1.11. The Balaban J connectivity index is 2.66. The molecule has 1 heterocycles. The molecule has 0 aliphatic carbocycles. The van der Waals surface area contributed by atoms with E-state index in [0.717, 1.165) is 6.54 Å². The van der Waals surface area contributed by atoms with E-state index in [4.69, 9.17) is 10.3 Å². The van der Waals surface area contributed by atoms with Gasteiger partial charge in [0.1, 0.15) is 0 Å². The largest absolute Gasteiger partial charge is 0.339 e. The van der Waals surface area contributed by atoms with Gasteiger partial charge in [0.15, 0.2) is 5.82 Å². The van der Waals surface area contributed by atoms with E-state index in [1.165, 1.54) is 0 Å². The molecule has 2 N–H and O–H groups in total. The number of hydrogen-bond acceptors (Lipinski definition) is 5. The third-order valence-corrected chi connectivity index (χ3v) is 1.84. The van der Waals surface area contributed by atoms with Crippen LogP contribution in [0, 0.1) is 0 Å². The van der Waals surface area contributed by atoms with Crippen molar-refractivity contribution in [2.75, 3.05) is 20.6 Å². The van der Waals surface area contributed by atoms with Crippen molar-refractivity contribution < 1.29 is 4.52 Å². The van der Waals surface area contributed by atoms with E-state index in [1.54, 1.807) is 0 Å². The monoisotopic (exact) mass is 198 g/mol. The molecule has 0 saturated heterocycles. The summed E-state index contributed by atoms with van der Waals surface area (Å²) in [5.41, 5.74) is 5.88. The van der Waals surface area contributed by atoms with Crippen LogP contribution in [-0.2, 0) is 0 Å². The summed E-state index contributed by atoms with van der Waals surface area (Å²) in [6, 6.07) is -0.179. The highest BCUT2D eigenvalue weighted by Gasteiger charge is 2.16. The second kappa shape index (κ2) is 4.52. The van der Waals surface area contributed by atoms with Crippen LogP contribution in [0.2, 0.25) is 0 Å². The van der Waals surface area contributed by atoms with E-state index in [9.17, 15) is 0 Å². The van der Waals surface area contributed by atoms with Crippen molar-refractivity contribution in [3.63, 3.8) is 0 Å². The topological polar surface area (TPSA) is 68.2 Å². The fraction of sp³-hybridized carbons (Fsp3) is 0.778. The van der Waals surface area contributed by atoms with Gasteiger partial charge in [0.25, 0.3) is 0 Å². The van der Waals surface area contributed by atoms with E-state index in [0.29, 0.717) is 11.7 Å². The zero-order valence-electron chi connectivity index (χ0n) is 9.19. The van der Waals surface area contributed by atoms with Gasteiger partial charge in [-0.25, -0.2) is 0 Å². The Morgan fingerprint density at radius 3 is 2.50 bits per heavy atom. The lowest BCUT2D eigenvalue weighted by molar-refractivity contribution is 0.341. The van der Waals surface area contributed by atoms with Gasteiger partial charge in [-0.05, 0) is 14.1 Å². The fourth-order valence-corrected chi connectivity index (χ4v) is 1.11. The molecule has 5 nitrogen and oxygen atoms in total. The maximum absolute atomic E-state index is 5.88. The van der Waals surface area contributed by atoms with Gasteiger partial charge in [-0.3, -0.25) is 0 Å². The molecule has 0 bridgehead atoms. The van der Waals surface area contributed by atoms with Gasteiger partial charge in [0, 0.05) is 12.5 Å². The quantitative estimate of drug-likeness (QED) is 0.773. The zero-order chi connectivity index (χ0) is 10.7. The molecule has 5 heteroatoms. The molecule has 0 aromatic carbocycles. The molecule has 1 aromatic rings. The number of hydrogen-bond donors (Lipinski definition) is 1. The summed E-state index contributed by atoms with van der Waals surface area (Å²) >= 11 is 0. The first-order valence-corrected chi connectivity index (χ1v) is 4.74. The van der Waals surface area contributed by atoms with Gasteiger partial charge in [-0.2, -0.15) is 4.98 Å². The molecule has 0 amide bonds. The molecule has 1 atom stereocenters. The molecular formula is C9H18N4O. The standard InChI is InChI=1S/C9H18N4O/c1-6(2)9-11-8(12-14-9)7(10)5-13(3)4/h6-7H,5,10H2,1-4H3. The normalized spacial score (nSPS) is 13.9. The molecular weight excluding hydrogens is 180 g/mol. The second-order valence-corrected chi connectivity index (χ2v) is 4.01. The lowest BCUT2D eigenvalue weighted by atomic mass is 10.2. The summed E-state index contributed by atoms with van der Waals surface area (Å²) in [4.78, 5) is 6.23.